The molecule has 0 aliphatic carbocycles. The highest BCUT2D eigenvalue weighted by Crippen LogP contribution is 2.15. The van der Waals surface area contributed by atoms with Gasteiger partial charge < -0.3 is 4.57 Å². The fourth-order valence-corrected chi connectivity index (χ4v) is 2.35. The maximum Gasteiger partial charge on any atom is 0.189 e. The van der Waals surface area contributed by atoms with E-state index in [0.29, 0.717) is 16.5 Å². The van der Waals surface area contributed by atoms with Crippen LogP contribution in [-0.4, -0.2) is 4.57 Å². The second-order valence-electron chi connectivity index (χ2n) is 4.74. The van der Waals surface area contributed by atoms with Crippen LogP contribution in [0.1, 0.15) is 11.1 Å². The Labute approximate surface area is 120 Å². The first-order valence-corrected chi connectivity index (χ1v) is 6.46. The van der Waals surface area contributed by atoms with Crippen LogP contribution in [0.3, 0.4) is 0 Å². The van der Waals surface area contributed by atoms with Gasteiger partial charge in [0.2, 0.25) is 0 Å². The second-order valence-corrected chi connectivity index (χ2v) is 4.74. The summed E-state index contributed by atoms with van der Waals surface area (Å²) < 4.78 is 15.7. The number of nitrogens with zero attached hydrogens (tertiary/aromatic N) is 2. The predicted molar refractivity (Wildman–Crippen MR) is 78.4 cm³/mol. The fourth-order valence-electron chi connectivity index (χ4n) is 2.35. The van der Waals surface area contributed by atoms with Crippen molar-refractivity contribution in [3.63, 3.8) is 0 Å². The van der Waals surface area contributed by atoms with Crippen LogP contribution in [0.15, 0.2) is 59.5 Å². The lowest BCUT2D eigenvalue weighted by molar-refractivity contribution is 0.601. The van der Waals surface area contributed by atoms with E-state index in [-0.39, 0.29) is 17.8 Å². The third-order valence-corrected chi connectivity index (χ3v) is 3.40. The van der Waals surface area contributed by atoms with Crippen molar-refractivity contribution in [1.82, 2.24) is 4.57 Å². The van der Waals surface area contributed by atoms with E-state index in [2.05, 4.69) is 0 Å². The lowest BCUT2D eigenvalue weighted by atomic mass is 10.1. The van der Waals surface area contributed by atoms with Crippen LogP contribution in [0.4, 0.5) is 4.39 Å². The smallest absolute Gasteiger partial charge is 0.189 e. The number of nitriles is 1. The maximum absolute atomic E-state index is 13.9. The van der Waals surface area contributed by atoms with Crippen molar-refractivity contribution in [3.8, 4) is 6.07 Å². The first-order chi connectivity index (χ1) is 10.2. The van der Waals surface area contributed by atoms with Gasteiger partial charge in [-0.25, -0.2) is 4.39 Å². The molecule has 3 aromatic rings. The Hall–Kier alpha value is -2.93. The Bertz CT molecular complexity index is 922. The minimum absolute atomic E-state index is 0.0619. The molecule has 2 aromatic carbocycles. The van der Waals surface area contributed by atoms with E-state index in [0.717, 1.165) is 5.52 Å². The summed E-state index contributed by atoms with van der Waals surface area (Å²) in [4.78, 5) is 11.8. The van der Waals surface area contributed by atoms with Crippen LogP contribution >= 0.6 is 0 Å². The lowest BCUT2D eigenvalue weighted by Crippen LogP contribution is -2.09. The fraction of sp³-hybridized carbons (Fsp3) is 0.0588. The van der Waals surface area contributed by atoms with Gasteiger partial charge in [-0.2, -0.15) is 5.26 Å². The molecule has 3 rings (SSSR count). The minimum atomic E-state index is -0.364. The van der Waals surface area contributed by atoms with E-state index in [1.807, 2.05) is 18.2 Å². The molecular weight excluding hydrogens is 267 g/mol. The summed E-state index contributed by atoms with van der Waals surface area (Å²) in [5.74, 6) is -0.364. The van der Waals surface area contributed by atoms with E-state index < -0.39 is 0 Å². The first kappa shape index (κ1) is 13.1. The van der Waals surface area contributed by atoms with Gasteiger partial charge in [0.1, 0.15) is 5.82 Å². The molecule has 102 valence electrons. The number of pyridine rings is 1. The van der Waals surface area contributed by atoms with Gasteiger partial charge in [-0.3, -0.25) is 4.79 Å². The van der Waals surface area contributed by atoms with Gasteiger partial charge in [0.15, 0.2) is 5.43 Å². The molecule has 0 saturated heterocycles. The van der Waals surface area contributed by atoms with Gasteiger partial charge in [0.05, 0.1) is 23.7 Å². The number of halogens is 1. The molecule has 0 aliphatic rings. The molecule has 0 N–H and O–H groups in total. The maximum atomic E-state index is 13.9. The molecule has 0 fully saturated rings. The first-order valence-electron chi connectivity index (χ1n) is 6.46. The van der Waals surface area contributed by atoms with E-state index >= 15 is 0 Å². The van der Waals surface area contributed by atoms with Gasteiger partial charge in [-0.15, -0.1) is 0 Å². The molecule has 0 atom stereocenters. The number of rotatable bonds is 2. The second kappa shape index (κ2) is 5.22. The Kier molecular flexibility index (Phi) is 3.25. The van der Waals surface area contributed by atoms with Crippen molar-refractivity contribution in [2.75, 3.05) is 0 Å². The van der Waals surface area contributed by atoms with Crippen molar-refractivity contribution < 1.29 is 4.39 Å². The molecule has 4 heteroatoms. The van der Waals surface area contributed by atoms with Crippen molar-refractivity contribution in [3.05, 3.63) is 81.9 Å². The van der Waals surface area contributed by atoms with Gasteiger partial charge >= 0.3 is 0 Å². The molecule has 0 unspecified atom stereocenters. The largest absolute Gasteiger partial charge is 0.343 e. The third kappa shape index (κ3) is 2.41. The van der Waals surface area contributed by atoms with Crippen molar-refractivity contribution in [2.45, 2.75) is 6.54 Å². The summed E-state index contributed by atoms with van der Waals surface area (Å²) in [5, 5.41) is 9.50. The van der Waals surface area contributed by atoms with Gasteiger partial charge in [0, 0.05) is 23.2 Å². The van der Waals surface area contributed by atoms with E-state index in [9.17, 15) is 9.18 Å². The SMILES string of the molecule is N#Cc1ccc(F)c(Cn2ccc(=O)c3ccccc32)c1. The number of benzene rings is 2. The molecular formula is C17H11FN2O. The highest BCUT2D eigenvalue weighted by molar-refractivity contribution is 5.78. The third-order valence-electron chi connectivity index (χ3n) is 3.40. The van der Waals surface area contributed by atoms with Crippen LogP contribution in [0.5, 0.6) is 0 Å². The Morgan fingerprint density at radius 3 is 2.76 bits per heavy atom. The highest BCUT2D eigenvalue weighted by atomic mass is 19.1. The summed E-state index contributed by atoms with van der Waals surface area (Å²) >= 11 is 0. The Morgan fingerprint density at radius 2 is 1.95 bits per heavy atom. The molecule has 0 saturated carbocycles. The molecule has 21 heavy (non-hydrogen) atoms. The molecule has 1 heterocycles. The van der Waals surface area contributed by atoms with Crippen LogP contribution < -0.4 is 5.43 Å². The summed E-state index contributed by atoms with van der Waals surface area (Å²) in [6.07, 6.45) is 1.64. The zero-order valence-electron chi connectivity index (χ0n) is 11.1. The van der Waals surface area contributed by atoms with Crippen LogP contribution in [0.2, 0.25) is 0 Å². The van der Waals surface area contributed by atoms with Gasteiger partial charge in [0.25, 0.3) is 0 Å². The Morgan fingerprint density at radius 1 is 1.14 bits per heavy atom. The number of para-hydroxylation sites is 1. The molecule has 0 amide bonds. The highest BCUT2D eigenvalue weighted by Gasteiger charge is 2.07. The van der Waals surface area contributed by atoms with Crippen LogP contribution in [0, 0.1) is 17.1 Å². The lowest BCUT2D eigenvalue weighted by Gasteiger charge is -2.11. The summed E-state index contributed by atoms with van der Waals surface area (Å²) in [5.41, 5.74) is 1.51. The molecule has 3 nitrogen and oxygen atoms in total. The normalized spacial score (nSPS) is 10.5. The van der Waals surface area contributed by atoms with Crippen molar-refractivity contribution in [1.29, 1.82) is 5.26 Å². The molecule has 0 radical (unpaired) electrons. The predicted octanol–water partition coefficient (Wildman–Crippen LogP) is 3.06. The van der Waals surface area contributed by atoms with Gasteiger partial charge in [-0.05, 0) is 30.3 Å². The summed E-state index contributed by atoms with van der Waals surface area (Å²) in [6, 6.07) is 14.9. The van der Waals surface area contributed by atoms with E-state index in [1.54, 1.807) is 22.9 Å². The minimum Gasteiger partial charge on any atom is -0.343 e. The number of fused-ring (bicyclic) bond motifs is 1. The standard InChI is InChI=1S/C17H11FN2O/c18-15-6-5-12(10-19)9-13(15)11-20-8-7-17(21)14-3-1-2-4-16(14)20/h1-9H,11H2. The molecule has 0 spiro atoms. The quantitative estimate of drug-likeness (QED) is 0.723. The zero-order chi connectivity index (χ0) is 14.8. The zero-order valence-corrected chi connectivity index (χ0v) is 11.1. The Balaban J connectivity index is 2.13. The summed E-state index contributed by atoms with van der Waals surface area (Å²) in [6.45, 7) is 0.266. The number of aromatic nitrogens is 1. The average Bonchev–Trinajstić information content (AvgIpc) is 2.52. The number of hydrogen-bond donors (Lipinski definition) is 0. The van der Waals surface area contributed by atoms with Crippen molar-refractivity contribution >= 4 is 10.9 Å². The van der Waals surface area contributed by atoms with Gasteiger partial charge in [-0.1, -0.05) is 12.1 Å². The molecule has 0 bridgehead atoms. The van der Waals surface area contributed by atoms with Crippen LogP contribution in [0.25, 0.3) is 10.9 Å². The van der Waals surface area contributed by atoms with E-state index in [4.69, 9.17) is 5.26 Å². The molecule has 1 aromatic heterocycles. The monoisotopic (exact) mass is 278 g/mol. The molecule has 0 aliphatic heterocycles. The average molecular weight is 278 g/mol. The number of hydrogen-bond acceptors (Lipinski definition) is 2. The van der Waals surface area contributed by atoms with Crippen LogP contribution in [-0.2, 0) is 6.54 Å². The van der Waals surface area contributed by atoms with Crippen molar-refractivity contribution in [2.24, 2.45) is 0 Å². The van der Waals surface area contributed by atoms with E-state index in [1.165, 1.54) is 24.3 Å². The topological polar surface area (TPSA) is 45.8 Å². The summed E-state index contributed by atoms with van der Waals surface area (Å²) in [7, 11) is 0.